The number of hydrogen-bond donors (Lipinski definition) is 3. The van der Waals surface area contributed by atoms with E-state index in [1.54, 1.807) is 17.2 Å². The van der Waals surface area contributed by atoms with Gasteiger partial charge in [-0.05, 0) is 41.8 Å². The van der Waals surface area contributed by atoms with E-state index in [9.17, 15) is 18.4 Å². The number of rotatable bonds is 5. The molecule has 1 unspecified atom stereocenters. The minimum atomic E-state index is -0.675. The molecule has 1 atom stereocenters. The van der Waals surface area contributed by atoms with Gasteiger partial charge in [0.25, 0.3) is 0 Å². The molecule has 5 rings (SSSR count). The molecule has 0 spiro atoms. The van der Waals surface area contributed by atoms with Crippen LogP contribution in [0.5, 0.6) is 0 Å². The lowest BCUT2D eigenvalue weighted by Crippen LogP contribution is -2.60. The number of amides is 3. The van der Waals surface area contributed by atoms with Gasteiger partial charge in [-0.1, -0.05) is 36.9 Å². The number of hydrogen-bond acceptors (Lipinski definition) is 4. The summed E-state index contributed by atoms with van der Waals surface area (Å²) in [4.78, 5) is 29.9. The van der Waals surface area contributed by atoms with Crippen LogP contribution in [0.4, 0.5) is 25.1 Å². The first-order valence-corrected chi connectivity index (χ1v) is 11.7. The fraction of sp³-hybridized carbons (Fsp3) is 0.222. The quantitative estimate of drug-likeness (QED) is 0.491. The lowest BCUT2D eigenvalue weighted by molar-refractivity contribution is -0.121. The van der Waals surface area contributed by atoms with E-state index in [1.165, 1.54) is 12.1 Å². The Hall–Kier alpha value is -4.27. The number of allylic oxidation sites excluding steroid dienone is 1. The van der Waals surface area contributed by atoms with E-state index in [1.807, 2.05) is 36.4 Å². The summed E-state index contributed by atoms with van der Waals surface area (Å²) in [5.41, 5.74) is 2.57. The Morgan fingerprint density at radius 3 is 2.47 bits per heavy atom. The number of piperidine rings is 1. The van der Waals surface area contributed by atoms with Crippen LogP contribution in [0.15, 0.2) is 73.1 Å². The SMILES string of the molecule is C=C1NC(=O)CCC1c1c(F)cc(N2CC(NC(=O)Nc3cc(-c4ccccc4)ccn3)C2)cc1F. The van der Waals surface area contributed by atoms with Crippen LogP contribution < -0.4 is 20.9 Å². The Bertz CT molecular complexity index is 1300. The van der Waals surface area contributed by atoms with Crippen LogP contribution in [0.1, 0.15) is 24.3 Å². The minimum Gasteiger partial charge on any atom is -0.367 e. The molecule has 0 saturated carbocycles. The summed E-state index contributed by atoms with van der Waals surface area (Å²) in [6.45, 7) is 4.57. The van der Waals surface area contributed by atoms with Gasteiger partial charge in [-0.15, -0.1) is 0 Å². The second kappa shape index (κ2) is 9.77. The molecule has 3 amide bonds. The summed E-state index contributed by atoms with van der Waals surface area (Å²) in [5, 5.41) is 8.16. The number of nitrogens with one attached hydrogen (secondary N) is 3. The van der Waals surface area contributed by atoms with Crippen molar-refractivity contribution in [2.75, 3.05) is 23.3 Å². The molecule has 2 aromatic carbocycles. The second-order valence-corrected chi connectivity index (χ2v) is 8.98. The van der Waals surface area contributed by atoms with Gasteiger partial charge in [0, 0.05) is 48.6 Å². The van der Waals surface area contributed by atoms with Gasteiger partial charge in [0.15, 0.2) is 0 Å². The average Bonchev–Trinajstić information content (AvgIpc) is 2.82. The van der Waals surface area contributed by atoms with Crippen molar-refractivity contribution < 1.29 is 18.4 Å². The molecule has 2 saturated heterocycles. The molecule has 0 bridgehead atoms. The van der Waals surface area contributed by atoms with Crippen LogP contribution in [0, 0.1) is 11.6 Å². The van der Waals surface area contributed by atoms with E-state index in [-0.39, 0.29) is 23.9 Å². The van der Waals surface area contributed by atoms with Crippen molar-refractivity contribution in [3.63, 3.8) is 0 Å². The van der Waals surface area contributed by atoms with Crippen molar-refractivity contribution in [2.45, 2.75) is 24.8 Å². The molecule has 2 aliphatic rings. The standard InChI is InChI=1S/C27H25F2N5O2/c1-16-21(7-8-25(35)31-16)26-22(28)12-20(13-23(26)29)34-14-19(15-34)32-27(36)33-24-11-18(9-10-30-24)17-5-3-2-4-6-17/h2-6,9-13,19,21H,1,7-8,14-15H2,(H,31,35)(H2,30,32,33,36). The summed E-state index contributed by atoms with van der Waals surface area (Å²) in [5.74, 6) is -1.72. The third kappa shape index (κ3) is 4.91. The molecule has 7 nitrogen and oxygen atoms in total. The van der Waals surface area contributed by atoms with E-state index in [0.29, 0.717) is 36.7 Å². The highest BCUT2D eigenvalue weighted by molar-refractivity contribution is 5.89. The summed E-state index contributed by atoms with van der Waals surface area (Å²) < 4.78 is 29.8. The molecular weight excluding hydrogens is 464 g/mol. The van der Waals surface area contributed by atoms with Crippen molar-refractivity contribution in [1.29, 1.82) is 0 Å². The van der Waals surface area contributed by atoms with Crippen LogP contribution in [0.25, 0.3) is 11.1 Å². The highest BCUT2D eigenvalue weighted by Crippen LogP contribution is 2.36. The topological polar surface area (TPSA) is 86.4 Å². The first-order chi connectivity index (χ1) is 17.4. The van der Waals surface area contributed by atoms with Gasteiger partial charge in [0.2, 0.25) is 5.91 Å². The Kier molecular flexibility index (Phi) is 6.37. The molecule has 2 fully saturated rings. The first-order valence-electron chi connectivity index (χ1n) is 11.7. The molecule has 3 aromatic rings. The number of urea groups is 1. The fourth-order valence-corrected chi connectivity index (χ4v) is 4.61. The maximum atomic E-state index is 14.9. The Balaban J connectivity index is 1.17. The van der Waals surface area contributed by atoms with Crippen LogP contribution in [-0.2, 0) is 4.79 Å². The van der Waals surface area contributed by atoms with Crippen LogP contribution in [-0.4, -0.2) is 36.1 Å². The highest BCUT2D eigenvalue weighted by Gasteiger charge is 2.32. The van der Waals surface area contributed by atoms with Gasteiger partial charge in [0.1, 0.15) is 17.5 Å². The van der Waals surface area contributed by atoms with Crippen LogP contribution in [0.3, 0.4) is 0 Å². The maximum absolute atomic E-state index is 14.9. The van der Waals surface area contributed by atoms with Gasteiger partial charge >= 0.3 is 6.03 Å². The molecule has 3 N–H and O–H groups in total. The summed E-state index contributed by atoms with van der Waals surface area (Å²) in [7, 11) is 0. The normalized spacial score (nSPS) is 17.8. The zero-order valence-corrected chi connectivity index (χ0v) is 19.4. The molecule has 9 heteroatoms. The number of halogens is 2. The second-order valence-electron chi connectivity index (χ2n) is 8.98. The fourth-order valence-electron chi connectivity index (χ4n) is 4.61. The van der Waals surface area contributed by atoms with E-state index in [0.717, 1.165) is 11.1 Å². The van der Waals surface area contributed by atoms with Gasteiger partial charge in [-0.3, -0.25) is 10.1 Å². The number of nitrogens with zero attached hydrogens (tertiary/aromatic N) is 2. The first kappa shape index (κ1) is 23.5. The molecule has 1 aromatic heterocycles. The van der Waals surface area contributed by atoms with Crippen molar-refractivity contribution in [3.05, 3.63) is 90.3 Å². The lowest BCUT2D eigenvalue weighted by Gasteiger charge is -2.41. The third-order valence-corrected chi connectivity index (χ3v) is 6.48. The molecule has 0 aliphatic carbocycles. The molecule has 2 aliphatic heterocycles. The Morgan fingerprint density at radius 1 is 1.06 bits per heavy atom. The summed E-state index contributed by atoms with van der Waals surface area (Å²) in [6.07, 6.45) is 2.13. The van der Waals surface area contributed by atoms with Crippen molar-refractivity contribution in [1.82, 2.24) is 15.6 Å². The van der Waals surface area contributed by atoms with Crippen LogP contribution in [0.2, 0.25) is 0 Å². The van der Waals surface area contributed by atoms with Crippen LogP contribution >= 0.6 is 0 Å². The number of pyridine rings is 1. The monoisotopic (exact) mass is 489 g/mol. The minimum absolute atomic E-state index is 0.0800. The van der Waals surface area contributed by atoms with Gasteiger partial charge in [0.05, 0.1) is 6.04 Å². The maximum Gasteiger partial charge on any atom is 0.320 e. The number of carbonyl (C=O) groups excluding carboxylic acids is 2. The van der Waals surface area contributed by atoms with E-state index >= 15 is 0 Å². The predicted octanol–water partition coefficient (Wildman–Crippen LogP) is 4.54. The molecule has 3 heterocycles. The molecule has 184 valence electrons. The predicted molar refractivity (Wildman–Crippen MR) is 133 cm³/mol. The van der Waals surface area contributed by atoms with Crippen molar-refractivity contribution in [3.8, 4) is 11.1 Å². The highest BCUT2D eigenvalue weighted by atomic mass is 19.1. The zero-order chi connectivity index (χ0) is 25.2. The molecular formula is C27H25F2N5O2. The number of carbonyl (C=O) groups is 2. The van der Waals surface area contributed by atoms with Gasteiger partial charge < -0.3 is 15.5 Å². The lowest BCUT2D eigenvalue weighted by atomic mass is 9.87. The average molecular weight is 490 g/mol. The number of aromatic nitrogens is 1. The van der Waals surface area contributed by atoms with Gasteiger partial charge in [-0.2, -0.15) is 0 Å². The molecule has 36 heavy (non-hydrogen) atoms. The number of benzene rings is 2. The third-order valence-electron chi connectivity index (χ3n) is 6.48. The largest absolute Gasteiger partial charge is 0.367 e. The number of anilines is 2. The smallest absolute Gasteiger partial charge is 0.320 e. The summed E-state index contributed by atoms with van der Waals surface area (Å²) >= 11 is 0. The Morgan fingerprint density at radius 2 is 1.78 bits per heavy atom. The van der Waals surface area contributed by atoms with E-state index < -0.39 is 23.6 Å². The summed E-state index contributed by atoms with van der Waals surface area (Å²) in [6, 6.07) is 15.4. The van der Waals surface area contributed by atoms with E-state index in [2.05, 4.69) is 27.5 Å². The zero-order valence-electron chi connectivity index (χ0n) is 19.4. The molecule has 0 radical (unpaired) electrons. The van der Waals surface area contributed by atoms with Gasteiger partial charge in [-0.25, -0.2) is 18.6 Å². The Labute approximate surface area is 207 Å². The van der Waals surface area contributed by atoms with Crippen molar-refractivity contribution >= 4 is 23.4 Å². The van der Waals surface area contributed by atoms with E-state index in [4.69, 9.17) is 0 Å². The van der Waals surface area contributed by atoms with Crippen molar-refractivity contribution in [2.24, 2.45) is 0 Å².